The van der Waals surface area contributed by atoms with E-state index in [1.54, 1.807) is 6.07 Å². The maximum atomic E-state index is 9.51. The molecule has 1 atom stereocenters. The van der Waals surface area contributed by atoms with Crippen molar-refractivity contribution < 1.29 is 5.11 Å². The second-order valence-electron chi connectivity index (χ2n) is 2.76. The summed E-state index contributed by atoms with van der Waals surface area (Å²) in [5, 5.41) is 9.95. The van der Waals surface area contributed by atoms with Crippen LogP contribution in [0.2, 0.25) is 5.15 Å². The van der Waals surface area contributed by atoms with Gasteiger partial charge in [-0.05, 0) is 18.1 Å². The number of nitrogens with zero attached hydrogens (tertiary/aromatic N) is 1. The summed E-state index contributed by atoms with van der Waals surface area (Å²) in [6.07, 6.45) is 4.01. The molecule has 0 aliphatic heterocycles. The van der Waals surface area contributed by atoms with E-state index in [0.29, 0.717) is 17.3 Å². The highest BCUT2D eigenvalue weighted by atomic mass is 35.5. The van der Waals surface area contributed by atoms with Crippen LogP contribution in [-0.4, -0.2) is 10.1 Å². The molecule has 1 aromatic rings. The van der Waals surface area contributed by atoms with Crippen LogP contribution in [0.25, 0.3) is 6.08 Å². The first kappa shape index (κ1) is 7.77. The Morgan fingerprint density at radius 2 is 2.33 bits per heavy atom. The number of rotatable bonds is 0. The summed E-state index contributed by atoms with van der Waals surface area (Å²) in [4.78, 5) is 4.06. The van der Waals surface area contributed by atoms with Crippen molar-refractivity contribution in [1.29, 1.82) is 0 Å². The van der Waals surface area contributed by atoms with Gasteiger partial charge in [0.25, 0.3) is 0 Å². The van der Waals surface area contributed by atoms with Gasteiger partial charge in [0.2, 0.25) is 0 Å². The lowest BCUT2D eigenvalue weighted by Crippen LogP contribution is -2.05. The number of hydrogen-bond donors (Lipinski definition) is 1. The predicted octanol–water partition coefficient (Wildman–Crippen LogP) is 2.19. The SMILES string of the molecule is OC1CC=Cc2ccc(Cl)nc21. The second kappa shape index (κ2) is 2.88. The zero-order valence-corrected chi connectivity index (χ0v) is 7.12. The minimum atomic E-state index is -0.497. The molecule has 3 heteroatoms. The minimum Gasteiger partial charge on any atom is -0.386 e. The number of fused-ring (bicyclic) bond motifs is 1. The van der Waals surface area contributed by atoms with Crippen LogP contribution in [-0.2, 0) is 0 Å². The van der Waals surface area contributed by atoms with Gasteiger partial charge in [0.05, 0.1) is 5.69 Å². The van der Waals surface area contributed by atoms with E-state index in [2.05, 4.69) is 4.98 Å². The van der Waals surface area contributed by atoms with E-state index in [9.17, 15) is 5.11 Å². The monoisotopic (exact) mass is 181 g/mol. The predicted molar refractivity (Wildman–Crippen MR) is 47.9 cm³/mol. The number of halogens is 1. The van der Waals surface area contributed by atoms with Gasteiger partial charge in [0, 0.05) is 0 Å². The molecule has 2 rings (SSSR count). The first-order chi connectivity index (χ1) is 5.77. The summed E-state index contributed by atoms with van der Waals surface area (Å²) in [6.45, 7) is 0. The normalized spacial score (nSPS) is 20.7. The summed E-state index contributed by atoms with van der Waals surface area (Å²) >= 11 is 5.70. The first-order valence-corrected chi connectivity index (χ1v) is 4.16. The molecule has 1 N–H and O–H groups in total. The van der Waals surface area contributed by atoms with Crippen molar-refractivity contribution in [2.45, 2.75) is 12.5 Å². The Hall–Kier alpha value is -0.860. The number of hydrogen-bond acceptors (Lipinski definition) is 2. The maximum Gasteiger partial charge on any atom is 0.129 e. The largest absolute Gasteiger partial charge is 0.386 e. The van der Waals surface area contributed by atoms with E-state index < -0.39 is 6.10 Å². The smallest absolute Gasteiger partial charge is 0.129 e. The van der Waals surface area contributed by atoms with Crippen molar-refractivity contribution >= 4 is 17.7 Å². The summed E-state index contributed by atoms with van der Waals surface area (Å²) in [5.41, 5.74) is 1.64. The highest BCUT2D eigenvalue weighted by molar-refractivity contribution is 6.29. The Bertz CT molecular complexity index is 335. The minimum absolute atomic E-state index is 0.433. The van der Waals surface area contributed by atoms with Crippen molar-refractivity contribution in [2.24, 2.45) is 0 Å². The third kappa shape index (κ3) is 1.24. The molecule has 0 saturated heterocycles. The average Bonchev–Trinajstić information content (AvgIpc) is 2.07. The van der Waals surface area contributed by atoms with Gasteiger partial charge in [-0.25, -0.2) is 4.98 Å². The van der Waals surface area contributed by atoms with Gasteiger partial charge in [-0.3, -0.25) is 0 Å². The second-order valence-corrected chi connectivity index (χ2v) is 3.15. The molecular weight excluding hydrogens is 174 g/mol. The van der Waals surface area contributed by atoms with Gasteiger partial charge >= 0.3 is 0 Å². The first-order valence-electron chi connectivity index (χ1n) is 3.78. The molecule has 0 spiro atoms. The number of pyridine rings is 1. The molecule has 62 valence electrons. The molecule has 0 amide bonds. The lowest BCUT2D eigenvalue weighted by atomic mass is 10.0. The van der Waals surface area contributed by atoms with Gasteiger partial charge in [-0.2, -0.15) is 0 Å². The maximum absolute atomic E-state index is 9.51. The van der Waals surface area contributed by atoms with E-state index in [1.165, 1.54) is 0 Å². The van der Waals surface area contributed by atoms with Gasteiger partial charge in [-0.15, -0.1) is 0 Å². The fourth-order valence-electron chi connectivity index (χ4n) is 1.30. The van der Waals surface area contributed by atoms with Crippen LogP contribution < -0.4 is 0 Å². The van der Waals surface area contributed by atoms with Crippen LogP contribution >= 0.6 is 11.6 Å². The Balaban J connectivity index is 2.56. The van der Waals surface area contributed by atoms with Crippen molar-refractivity contribution in [3.05, 3.63) is 34.6 Å². The Morgan fingerprint density at radius 3 is 3.17 bits per heavy atom. The standard InChI is InChI=1S/C9H8ClNO/c10-8-5-4-6-2-1-3-7(12)9(6)11-8/h1-2,4-5,7,12H,3H2. The van der Waals surface area contributed by atoms with E-state index >= 15 is 0 Å². The van der Waals surface area contributed by atoms with Crippen molar-refractivity contribution in [3.8, 4) is 0 Å². The molecule has 1 aromatic heterocycles. The van der Waals surface area contributed by atoms with E-state index in [-0.39, 0.29) is 0 Å². The van der Waals surface area contributed by atoms with E-state index in [4.69, 9.17) is 11.6 Å². The highest BCUT2D eigenvalue weighted by Gasteiger charge is 2.15. The molecule has 1 unspecified atom stereocenters. The van der Waals surface area contributed by atoms with Gasteiger partial charge in [0.1, 0.15) is 11.3 Å². The van der Waals surface area contributed by atoms with Crippen LogP contribution in [0.3, 0.4) is 0 Å². The molecule has 0 bridgehead atoms. The highest BCUT2D eigenvalue weighted by Crippen LogP contribution is 2.26. The molecule has 0 fully saturated rings. The van der Waals surface area contributed by atoms with Crippen LogP contribution in [0.15, 0.2) is 18.2 Å². The van der Waals surface area contributed by atoms with Gasteiger partial charge < -0.3 is 5.11 Å². The summed E-state index contributed by atoms with van der Waals surface area (Å²) in [5.74, 6) is 0. The van der Waals surface area contributed by atoms with Crippen molar-refractivity contribution in [2.75, 3.05) is 0 Å². The van der Waals surface area contributed by atoms with Crippen LogP contribution in [0.5, 0.6) is 0 Å². The van der Waals surface area contributed by atoms with E-state index in [0.717, 1.165) is 5.56 Å². The molecular formula is C9H8ClNO. The van der Waals surface area contributed by atoms with Crippen LogP contribution in [0, 0.1) is 0 Å². The van der Waals surface area contributed by atoms with Gasteiger partial charge in [-0.1, -0.05) is 29.8 Å². The van der Waals surface area contributed by atoms with E-state index in [1.807, 2.05) is 18.2 Å². The molecule has 0 saturated carbocycles. The quantitative estimate of drug-likeness (QED) is 0.623. The fourth-order valence-corrected chi connectivity index (χ4v) is 1.46. The summed E-state index contributed by atoms with van der Waals surface area (Å²) < 4.78 is 0. The van der Waals surface area contributed by atoms with Crippen LogP contribution in [0.1, 0.15) is 23.8 Å². The number of aliphatic hydroxyl groups is 1. The summed E-state index contributed by atoms with van der Waals surface area (Å²) in [6, 6.07) is 3.59. The Labute approximate surface area is 75.5 Å². The number of aliphatic hydroxyl groups excluding tert-OH is 1. The average molecular weight is 182 g/mol. The third-order valence-electron chi connectivity index (χ3n) is 1.90. The molecule has 0 radical (unpaired) electrons. The zero-order chi connectivity index (χ0) is 8.55. The van der Waals surface area contributed by atoms with Crippen LogP contribution in [0.4, 0.5) is 0 Å². The molecule has 1 aliphatic rings. The van der Waals surface area contributed by atoms with Crippen molar-refractivity contribution in [1.82, 2.24) is 4.98 Å². The number of aromatic nitrogens is 1. The van der Waals surface area contributed by atoms with Crippen molar-refractivity contribution in [3.63, 3.8) is 0 Å². The molecule has 2 nitrogen and oxygen atoms in total. The summed E-state index contributed by atoms with van der Waals surface area (Å²) in [7, 11) is 0. The Morgan fingerprint density at radius 1 is 1.50 bits per heavy atom. The molecule has 0 aromatic carbocycles. The zero-order valence-electron chi connectivity index (χ0n) is 6.37. The lowest BCUT2D eigenvalue weighted by molar-refractivity contribution is 0.175. The topological polar surface area (TPSA) is 33.1 Å². The molecule has 1 aliphatic carbocycles. The molecule has 12 heavy (non-hydrogen) atoms. The lowest BCUT2D eigenvalue weighted by Gasteiger charge is -2.14. The Kier molecular flexibility index (Phi) is 1.87. The molecule has 1 heterocycles. The third-order valence-corrected chi connectivity index (χ3v) is 2.11. The fraction of sp³-hybridized carbons (Fsp3) is 0.222. The van der Waals surface area contributed by atoms with Gasteiger partial charge in [0.15, 0.2) is 0 Å².